The molecule has 0 aliphatic carbocycles. The summed E-state index contributed by atoms with van der Waals surface area (Å²) < 4.78 is 5.67. The van der Waals surface area contributed by atoms with Gasteiger partial charge in [-0.3, -0.25) is 0 Å². The van der Waals surface area contributed by atoms with Gasteiger partial charge in [-0.2, -0.15) is 0 Å². The number of thiol groups is 1. The van der Waals surface area contributed by atoms with Crippen LogP contribution >= 0.6 is 17.9 Å². The van der Waals surface area contributed by atoms with Gasteiger partial charge < -0.3 is 9.42 Å². The minimum absolute atomic E-state index is 0.783. The number of aryl methyl sites for hydroxylation is 2. The van der Waals surface area contributed by atoms with Crippen molar-refractivity contribution in [2.75, 3.05) is 0 Å². The smallest absolute Gasteiger partial charge is 0.291 e. The number of benzene rings is 1. The Kier molecular flexibility index (Phi) is 8.96. The fourth-order valence-electron chi connectivity index (χ4n) is 2.40. The van der Waals surface area contributed by atoms with E-state index in [4.69, 9.17) is 16.3 Å². The Bertz CT molecular complexity index is 443. The predicted octanol–water partition coefficient (Wildman–Crippen LogP) is 5.68. The molecule has 1 N–H and O–H groups in total. The summed E-state index contributed by atoms with van der Waals surface area (Å²) in [4.78, 5) is 9.83. The lowest BCUT2D eigenvalue weighted by atomic mass is 9.99. The number of unbranched alkanes of at least 4 members (excludes halogenated alkanes) is 4. The summed E-state index contributed by atoms with van der Waals surface area (Å²) >= 11 is 9.00. The first-order valence-corrected chi connectivity index (χ1v) is 11.7. The lowest BCUT2D eigenvalue weighted by Gasteiger charge is -2.18. The van der Waals surface area contributed by atoms with Gasteiger partial charge in [0, 0.05) is 0 Å². The number of hydrogen-bond donors (Lipinski definition) is 2. The van der Waals surface area contributed by atoms with Crippen molar-refractivity contribution in [3.05, 3.63) is 29.3 Å². The highest BCUT2D eigenvalue weighted by molar-refractivity contribution is 8.59. The molecule has 0 aliphatic rings. The van der Waals surface area contributed by atoms with Crippen molar-refractivity contribution in [2.24, 2.45) is 0 Å². The summed E-state index contributed by atoms with van der Waals surface area (Å²) in [5.41, 5.74) is -0.696. The van der Waals surface area contributed by atoms with Crippen LogP contribution in [0.2, 0.25) is 0 Å². The zero-order valence-corrected chi connectivity index (χ0v) is 15.7. The van der Waals surface area contributed by atoms with Gasteiger partial charge in [0.25, 0.3) is 5.69 Å². The molecule has 1 aromatic rings. The first-order valence-electron chi connectivity index (χ1n) is 7.83. The maximum Gasteiger partial charge on any atom is 0.291 e. The van der Waals surface area contributed by atoms with E-state index in [1.54, 1.807) is 0 Å². The van der Waals surface area contributed by atoms with Crippen LogP contribution in [0.4, 0.5) is 0 Å². The molecule has 0 saturated heterocycles. The summed E-state index contributed by atoms with van der Waals surface area (Å²) in [6.45, 7) is 4.39. The van der Waals surface area contributed by atoms with E-state index in [0.29, 0.717) is 0 Å². The highest BCUT2D eigenvalue weighted by Crippen LogP contribution is 2.49. The summed E-state index contributed by atoms with van der Waals surface area (Å²) in [6.07, 6.45) is 8.98. The van der Waals surface area contributed by atoms with E-state index in [0.717, 1.165) is 42.6 Å². The Morgan fingerprint density at radius 1 is 1.05 bits per heavy atom. The molecule has 1 aromatic carbocycles. The first-order chi connectivity index (χ1) is 9.98. The van der Waals surface area contributed by atoms with Crippen molar-refractivity contribution >= 4 is 29.7 Å². The highest BCUT2D eigenvalue weighted by atomic mass is 32.9. The molecular formula is C16H27O2PS2. The monoisotopic (exact) mass is 346 g/mol. The van der Waals surface area contributed by atoms with Crippen LogP contribution in [-0.4, -0.2) is 4.89 Å². The van der Waals surface area contributed by atoms with Gasteiger partial charge in [-0.15, -0.1) is 0 Å². The third kappa shape index (κ3) is 7.69. The van der Waals surface area contributed by atoms with Crippen LogP contribution in [-0.2, 0) is 24.6 Å². The molecule has 5 heteroatoms. The maximum atomic E-state index is 9.83. The molecule has 1 unspecified atom stereocenters. The summed E-state index contributed by atoms with van der Waals surface area (Å²) in [6, 6.07) is 6.23. The largest absolute Gasteiger partial charge is 0.436 e. The average Bonchev–Trinajstić information content (AvgIpc) is 2.41. The molecule has 0 fully saturated rings. The maximum absolute atomic E-state index is 9.83. The Hall–Kier alpha value is -0.0200. The van der Waals surface area contributed by atoms with Crippen molar-refractivity contribution in [2.45, 2.75) is 65.2 Å². The van der Waals surface area contributed by atoms with E-state index in [9.17, 15) is 4.89 Å². The second-order valence-corrected chi connectivity index (χ2v) is 10.5. The molecule has 0 spiro atoms. The van der Waals surface area contributed by atoms with Crippen molar-refractivity contribution in [1.29, 1.82) is 0 Å². The van der Waals surface area contributed by atoms with Crippen molar-refractivity contribution in [3.63, 3.8) is 0 Å². The molecule has 0 saturated carbocycles. The van der Waals surface area contributed by atoms with Crippen LogP contribution < -0.4 is 4.52 Å². The predicted molar refractivity (Wildman–Crippen MR) is 99.0 cm³/mol. The zero-order valence-electron chi connectivity index (χ0n) is 13.0. The van der Waals surface area contributed by atoms with E-state index in [2.05, 4.69) is 44.3 Å². The highest BCUT2D eigenvalue weighted by Gasteiger charge is 2.16. The Labute approximate surface area is 139 Å². The van der Waals surface area contributed by atoms with Crippen LogP contribution in [0.1, 0.15) is 63.5 Å². The lowest BCUT2D eigenvalue weighted by Crippen LogP contribution is -1.99. The molecule has 0 amide bonds. The second-order valence-electron chi connectivity index (χ2n) is 5.40. The number of para-hydroxylation sites is 1. The molecular weight excluding hydrogens is 319 g/mol. The minimum atomic E-state index is -2.99. The molecule has 0 aromatic heterocycles. The van der Waals surface area contributed by atoms with Gasteiger partial charge in [-0.05, 0) is 48.6 Å². The number of hydrogen-bond acceptors (Lipinski definition) is 2. The fraction of sp³-hybridized carbons (Fsp3) is 0.625. The molecule has 0 heterocycles. The first kappa shape index (κ1) is 19.0. The molecule has 0 aliphatic heterocycles. The molecule has 1 atom stereocenters. The van der Waals surface area contributed by atoms with Crippen LogP contribution in [0, 0.1) is 0 Å². The summed E-state index contributed by atoms with van der Waals surface area (Å²) in [5.74, 6) is 0.783. The van der Waals surface area contributed by atoms with Gasteiger partial charge in [-0.1, -0.05) is 70.0 Å². The third-order valence-corrected chi connectivity index (χ3v) is 4.38. The van der Waals surface area contributed by atoms with Gasteiger partial charge in [0.2, 0.25) is 0 Å². The molecule has 120 valence electrons. The molecule has 0 radical (unpaired) electrons. The van der Waals surface area contributed by atoms with Crippen LogP contribution in [0.3, 0.4) is 0 Å². The third-order valence-electron chi connectivity index (χ3n) is 3.49. The average molecular weight is 346 g/mol. The van der Waals surface area contributed by atoms with Gasteiger partial charge in [0.15, 0.2) is 0 Å². The van der Waals surface area contributed by atoms with Gasteiger partial charge >= 0.3 is 0 Å². The SMILES string of the molecule is CCCCCc1cccc(CCCCC)c1OP(O)(=S)S. The van der Waals surface area contributed by atoms with Crippen LogP contribution in [0.25, 0.3) is 0 Å². The standard InChI is InChI=1S/C16H27O2PS2/c1-3-5-7-10-14-12-9-13-15(11-8-6-4-2)16(14)18-19(17,20)21/h9,12-13H,3-8,10-11H2,1-2H3,(H2,17,20,21). The van der Waals surface area contributed by atoms with Crippen molar-refractivity contribution in [3.8, 4) is 5.75 Å². The zero-order chi connectivity index (χ0) is 15.7. The Morgan fingerprint density at radius 3 is 1.90 bits per heavy atom. The lowest BCUT2D eigenvalue weighted by molar-refractivity contribution is 0.494. The van der Waals surface area contributed by atoms with E-state index in [1.807, 2.05) is 0 Å². The number of rotatable bonds is 10. The molecule has 1 rings (SSSR count). The van der Waals surface area contributed by atoms with Gasteiger partial charge in [0.1, 0.15) is 5.75 Å². The van der Waals surface area contributed by atoms with Gasteiger partial charge in [-0.25, -0.2) is 0 Å². The topological polar surface area (TPSA) is 29.5 Å². The summed E-state index contributed by atoms with van der Waals surface area (Å²) in [7, 11) is 0. The van der Waals surface area contributed by atoms with E-state index in [1.165, 1.54) is 25.7 Å². The van der Waals surface area contributed by atoms with Crippen molar-refractivity contribution < 1.29 is 9.42 Å². The normalized spacial score (nSPS) is 13.9. The molecule has 21 heavy (non-hydrogen) atoms. The van der Waals surface area contributed by atoms with Crippen LogP contribution in [0.5, 0.6) is 5.75 Å². The quantitative estimate of drug-likeness (QED) is 0.324. The second kappa shape index (κ2) is 9.89. The van der Waals surface area contributed by atoms with E-state index in [-0.39, 0.29) is 0 Å². The minimum Gasteiger partial charge on any atom is -0.436 e. The Morgan fingerprint density at radius 2 is 1.52 bits per heavy atom. The Balaban J connectivity index is 2.93. The summed E-state index contributed by atoms with van der Waals surface area (Å²) in [5, 5.41) is 0. The van der Waals surface area contributed by atoms with Gasteiger partial charge in [0.05, 0.1) is 0 Å². The molecule has 2 nitrogen and oxygen atoms in total. The van der Waals surface area contributed by atoms with E-state index < -0.39 is 5.69 Å². The van der Waals surface area contributed by atoms with Crippen LogP contribution in [0.15, 0.2) is 18.2 Å². The fourth-order valence-corrected chi connectivity index (χ4v) is 3.34. The molecule has 0 bridgehead atoms. The van der Waals surface area contributed by atoms with E-state index >= 15 is 0 Å². The van der Waals surface area contributed by atoms with Crippen molar-refractivity contribution in [1.82, 2.24) is 0 Å².